The van der Waals surface area contributed by atoms with Crippen LogP contribution in [0.2, 0.25) is 0 Å². The zero-order valence-corrected chi connectivity index (χ0v) is 14.1. The van der Waals surface area contributed by atoms with Crippen molar-refractivity contribution < 1.29 is 0 Å². The molecule has 1 aliphatic carbocycles. The predicted molar refractivity (Wildman–Crippen MR) is 86.7 cm³/mol. The van der Waals surface area contributed by atoms with Gasteiger partial charge in [0.05, 0.1) is 0 Å². The maximum Gasteiger partial charge on any atom is 0.110 e. The van der Waals surface area contributed by atoms with Crippen LogP contribution in [0.5, 0.6) is 0 Å². The van der Waals surface area contributed by atoms with Gasteiger partial charge < -0.3 is 5.32 Å². The number of nitrogens with one attached hydrogen (secondary N) is 1. The minimum Gasteiger partial charge on any atom is -0.313 e. The van der Waals surface area contributed by atoms with Crippen LogP contribution >= 0.6 is 27.7 Å². The van der Waals surface area contributed by atoms with Crippen molar-refractivity contribution in [2.45, 2.75) is 55.8 Å². The van der Waals surface area contributed by atoms with E-state index >= 15 is 0 Å². The van der Waals surface area contributed by atoms with E-state index in [-0.39, 0.29) is 0 Å². The smallest absolute Gasteiger partial charge is 0.110 e. The first-order chi connectivity index (χ1) is 9.20. The lowest BCUT2D eigenvalue weighted by atomic mass is 9.87. The van der Waals surface area contributed by atoms with E-state index in [1.54, 1.807) is 0 Å². The maximum atomic E-state index is 4.50. The number of halogens is 1. The average Bonchev–Trinajstić information content (AvgIpc) is 2.40. The molecular formula is C15H23BrN2S. The van der Waals surface area contributed by atoms with E-state index in [4.69, 9.17) is 0 Å². The molecule has 1 aliphatic rings. The molecule has 0 spiro atoms. The van der Waals surface area contributed by atoms with Gasteiger partial charge in [0.1, 0.15) is 5.03 Å². The van der Waals surface area contributed by atoms with Gasteiger partial charge in [0.25, 0.3) is 0 Å². The molecule has 2 rings (SSSR count). The molecule has 1 aromatic heterocycles. The number of pyridine rings is 1. The highest BCUT2D eigenvalue weighted by atomic mass is 79.9. The second-order valence-electron chi connectivity index (χ2n) is 5.43. The van der Waals surface area contributed by atoms with Gasteiger partial charge in [0.15, 0.2) is 0 Å². The summed E-state index contributed by atoms with van der Waals surface area (Å²) in [6, 6.07) is 4.69. The van der Waals surface area contributed by atoms with E-state index in [2.05, 4.69) is 46.1 Å². The van der Waals surface area contributed by atoms with Gasteiger partial charge in [-0.25, -0.2) is 4.98 Å². The zero-order chi connectivity index (χ0) is 13.7. The molecule has 2 nitrogen and oxygen atoms in total. The predicted octanol–water partition coefficient (Wildman–Crippen LogP) is 4.49. The molecular weight excluding hydrogens is 320 g/mol. The van der Waals surface area contributed by atoms with E-state index in [1.165, 1.54) is 25.7 Å². The summed E-state index contributed by atoms with van der Waals surface area (Å²) in [5.74, 6) is 0.833. The van der Waals surface area contributed by atoms with Crippen LogP contribution in [0.3, 0.4) is 0 Å². The lowest BCUT2D eigenvalue weighted by molar-refractivity contribution is 0.317. The van der Waals surface area contributed by atoms with E-state index < -0.39 is 0 Å². The van der Waals surface area contributed by atoms with Crippen molar-refractivity contribution >= 4 is 27.7 Å². The van der Waals surface area contributed by atoms with Crippen LogP contribution in [0.1, 0.15) is 39.5 Å². The number of hydrogen-bond acceptors (Lipinski definition) is 3. The molecule has 19 heavy (non-hydrogen) atoms. The van der Waals surface area contributed by atoms with Crippen LogP contribution in [0.25, 0.3) is 0 Å². The summed E-state index contributed by atoms with van der Waals surface area (Å²) >= 11 is 5.54. The molecule has 0 radical (unpaired) electrons. The van der Waals surface area contributed by atoms with Crippen LogP contribution in [-0.2, 0) is 0 Å². The summed E-state index contributed by atoms with van der Waals surface area (Å²) < 4.78 is 1.12. The van der Waals surface area contributed by atoms with Gasteiger partial charge in [-0.05, 0) is 66.2 Å². The Morgan fingerprint density at radius 1 is 1.47 bits per heavy atom. The molecule has 4 heteroatoms. The molecule has 0 aromatic carbocycles. The monoisotopic (exact) mass is 342 g/mol. The Balaban J connectivity index is 2.03. The quantitative estimate of drug-likeness (QED) is 0.852. The molecule has 1 aromatic rings. The van der Waals surface area contributed by atoms with Gasteiger partial charge in [0.2, 0.25) is 0 Å². The Labute approximate surface area is 129 Å². The Morgan fingerprint density at radius 2 is 2.32 bits per heavy atom. The zero-order valence-electron chi connectivity index (χ0n) is 11.7. The molecule has 0 aliphatic heterocycles. The maximum absolute atomic E-state index is 4.50. The van der Waals surface area contributed by atoms with Gasteiger partial charge >= 0.3 is 0 Å². The molecule has 1 N–H and O–H groups in total. The average molecular weight is 343 g/mol. The molecule has 1 saturated carbocycles. The van der Waals surface area contributed by atoms with E-state index in [0.29, 0.717) is 11.3 Å². The molecule has 3 atom stereocenters. The van der Waals surface area contributed by atoms with Crippen molar-refractivity contribution in [2.75, 3.05) is 6.54 Å². The van der Waals surface area contributed by atoms with Crippen molar-refractivity contribution in [1.29, 1.82) is 0 Å². The SMILES string of the molecule is CCCNC1CCC(C)CC1Sc1ncccc1Br. The number of hydrogen-bond donors (Lipinski definition) is 1. The highest BCUT2D eigenvalue weighted by molar-refractivity contribution is 9.10. The highest BCUT2D eigenvalue weighted by Gasteiger charge is 2.29. The summed E-state index contributed by atoms with van der Waals surface area (Å²) in [6.07, 6.45) is 7.02. The van der Waals surface area contributed by atoms with Crippen LogP contribution in [-0.4, -0.2) is 22.8 Å². The molecule has 1 fully saturated rings. The number of rotatable bonds is 5. The molecule has 0 amide bonds. The van der Waals surface area contributed by atoms with Crippen molar-refractivity contribution in [1.82, 2.24) is 10.3 Å². The lowest BCUT2D eigenvalue weighted by Gasteiger charge is -2.35. The van der Waals surface area contributed by atoms with Gasteiger partial charge in [-0.3, -0.25) is 0 Å². The molecule has 0 saturated heterocycles. The van der Waals surface area contributed by atoms with E-state index in [1.807, 2.05) is 24.0 Å². The standard InChI is InChI=1S/C15H23BrN2S/c1-3-8-17-13-7-6-11(2)10-14(13)19-15-12(16)5-4-9-18-15/h4-5,9,11,13-14,17H,3,6-8,10H2,1-2H3. The first-order valence-electron chi connectivity index (χ1n) is 7.21. The fourth-order valence-electron chi connectivity index (χ4n) is 2.62. The van der Waals surface area contributed by atoms with E-state index in [9.17, 15) is 0 Å². The second-order valence-corrected chi connectivity index (χ2v) is 7.51. The second kappa shape index (κ2) is 7.65. The van der Waals surface area contributed by atoms with Gasteiger partial charge in [-0.1, -0.05) is 13.8 Å². The summed E-state index contributed by atoms with van der Waals surface area (Å²) in [4.78, 5) is 4.50. The summed E-state index contributed by atoms with van der Waals surface area (Å²) in [5.41, 5.74) is 0. The van der Waals surface area contributed by atoms with Crippen LogP contribution < -0.4 is 5.32 Å². The van der Waals surface area contributed by atoms with Gasteiger partial charge in [-0.2, -0.15) is 0 Å². The minimum atomic E-state index is 0.634. The van der Waals surface area contributed by atoms with Crippen LogP contribution in [0, 0.1) is 5.92 Å². The Morgan fingerprint density at radius 3 is 3.05 bits per heavy atom. The normalized spacial score (nSPS) is 27.4. The summed E-state index contributed by atoms with van der Waals surface area (Å²) in [5, 5.41) is 5.49. The van der Waals surface area contributed by atoms with Gasteiger partial charge in [0, 0.05) is 22.0 Å². The number of aromatic nitrogens is 1. The minimum absolute atomic E-state index is 0.634. The Bertz CT molecular complexity index is 397. The summed E-state index contributed by atoms with van der Waals surface area (Å²) in [6.45, 7) is 5.73. The summed E-state index contributed by atoms with van der Waals surface area (Å²) in [7, 11) is 0. The molecule has 0 bridgehead atoms. The highest BCUT2D eigenvalue weighted by Crippen LogP contribution is 2.37. The fraction of sp³-hybridized carbons (Fsp3) is 0.667. The third-order valence-electron chi connectivity index (χ3n) is 3.70. The van der Waals surface area contributed by atoms with Gasteiger partial charge in [-0.15, -0.1) is 11.8 Å². The number of thioether (sulfide) groups is 1. The third-order valence-corrected chi connectivity index (χ3v) is 5.97. The Kier molecular flexibility index (Phi) is 6.17. The topological polar surface area (TPSA) is 24.9 Å². The molecule has 106 valence electrons. The van der Waals surface area contributed by atoms with E-state index in [0.717, 1.165) is 22.0 Å². The molecule has 3 unspecified atom stereocenters. The number of nitrogens with zero attached hydrogens (tertiary/aromatic N) is 1. The first-order valence-corrected chi connectivity index (χ1v) is 8.88. The fourth-order valence-corrected chi connectivity index (χ4v) is 4.57. The van der Waals surface area contributed by atoms with Crippen molar-refractivity contribution in [2.24, 2.45) is 5.92 Å². The van der Waals surface area contributed by atoms with Crippen molar-refractivity contribution in [3.05, 3.63) is 22.8 Å². The Hall–Kier alpha value is -0.0600. The first kappa shape index (κ1) is 15.3. The molecule has 1 heterocycles. The van der Waals surface area contributed by atoms with Crippen LogP contribution in [0.4, 0.5) is 0 Å². The lowest BCUT2D eigenvalue weighted by Crippen LogP contribution is -2.42. The third kappa shape index (κ3) is 4.47. The van der Waals surface area contributed by atoms with Crippen LogP contribution in [0.15, 0.2) is 27.8 Å². The largest absolute Gasteiger partial charge is 0.313 e. The van der Waals surface area contributed by atoms with Crippen molar-refractivity contribution in [3.63, 3.8) is 0 Å². The van der Waals surface area contributed by atoms with Crippen molar-refractivity contribution in [3.8, 4) is 0 Å².